The zero-order chi connectivity index (χ0) is 11.5. The Bertz CT molecular complexity index is 418. The van der Waals surface area contributed by atoms with Crippen LogP contribution < -0.4 is 20.7 Å². The minimum atomic E-state index is -0.222. The summed E-state index contributed by atoms with van der Waals surface area (Å²) >= 11 is 0. The van der Waals surface area contributed by atoms with Crippen molar-refractivity contribution in [2.45, 2.75) is 13.3 Å². The largest absolute Gasteiger partial charge is 0.486 e. The lowest BCUT2D eigenvalue weighted by Gasteiger charge is -2.20. The SMILES string of the molecule is Cc1cc2c(cc1CC(=O)NN)OCCO2. The zero-order valence-electron chi connectivity index (χ0n) is 9.08. The molecule has 2 rings (SSSR count). The van der Waals surface area contributed by atoms with Gasteiger partial charge in [-0.3, -0.25) is 10.2 Å². The van der Waals surface area contributed by atoms with Gasteiger partial charge in [-0.2, -0.15) is 0 Å². The van der Waals surface area contributed by atoms with Gasteiger partial charge in [-0.1, -0.05) is 0 Å². The molecule has 0 fully saturated rings. The van der Waals surface area contributed by atoms with Crippen LogP contribution in [0, 0.1) is 6.92 Å². The number of hydrazine groups is 1. The summed E-state index contributed by atoms with van der Waals surface area (Å²) in [6.45, 7) is 3.03. The molecule has 1 aliphatic heterocycles. The molecular weight excluding hydrogens is 208 g/mol. The number of ether oxygens (including phenoxy) is 2. The quantitative estimate of drug-likeness (QED) is 0.429. The molecule has 86 valence electrons. The van der Waals surface area contributed by atoms with Crippen LogP contribution in [-0.2, 0) is 11.2 Å². The van der Waals surface area contributed by atoms with Crippen molar-refractivity contribution in [2.24, 2.45) is 5.84 Å². The fraction of sp³-hybridized carbons (Fsp3) is 0.364. The number of hydrogen-bond donors (Lipinski definition) is 2. The van der Waals surface area contributed by atoms with Gasteiger partial charge in [0, 0.05) is 0 Å². The van der Waals surface area contributed by atoms with Gasteiger partial charge in [0.2, 0.25) is 5.91 Å². The molecule has 0 saturated heterocycles. The lowest BCUT2D eigenvalue weighted by molar-refractivity contribution is -0.120. The van der Waals surface area contributed by atoms with Gasteiger partial charge in [0.25, 0.3) is 0 Å². The molecule has 1 aromatic carbocycles. The van der Waals surface area contributed by atoms with Crippen LogP contribution in [-0.4, -0.2) is 19.1 Å². The van der Waals surface area contributed by atoms with Crippen LogP contribution in [0.25, 0.3) is 0 Å². The van der Waals surface area contributed by atoms with Crippen molar-refractivity contribution >= 4 is 5.91 Å². The Morgan fingerprint density at radius 2 is 2.00 bits per heavy atom. The Labute approximate surface area is 93.5 Å². The third kappa shape index (κ3) is 2.09. The summed E-state index contributed by atoms with van der Waals surface area (Å²) in [4.78, 5) is 11.2. The lowest BCUT2D eigenvalue weighted by Crippen LogP contribution is -2.31. The number of nitrogens with one attached hydrogen (secondary N) is 1. The van der Waals surface area contributed by atoms with Gasteiger partial charge in [-0.25, -0.2) is 5.84 Å². The van der Waals surface area contributed by atoms with Crippen molar-refractivity contribution in [3.63, 3.8) is 0 Å². The molecule has 5 nitrogen and oxygen atoms in total. The minimum Gasteiger partial charge on any atom is -0.486 e. The molecule has 1 heterocycles. The van der Waals surface area contributed by atoms with Gasteiger partial charge < -0.3 is 9.47 Å². The second-order valence-electron chi connectivity index (χ2n) is 3.67. The maximum absolute atomic E-state index is 11.2. The van der Waals surface area contributed by atoms with Gasteiger partial charge in [0.1, 0.15) is 13.2 Å². The Morgan fingerprint density at radius 1 is 1.38 bits per heavy atom. The first-order valence-electron chi connectivity index (χ1n) is 5.09. The molecule has 0 aromatic heterocycles. The molecular formula is C11H14N2O3. The molecule has 0 spiro atoms. The summed E-state index contributed by atoms with van der Waals surface area (Å²) in [6.07, 6.45) is 0.249. The molecule has 0 saturated carbocycles. The highest BCUT2D eigenvalue weighted by molar-refractivity contribution is 5.78. The van der Waals surface area contributed by atoms with Crippen LogP contribution in [0.5, 0.6) is 11.5 Å². The fourth-order valence-corrected chi connectivity index (χ4v) is 1.65. The van der Waals surface area contributed by atoms with E-state index in [2.05, 4.69) is 5.43 Å². The van der Waals surface area contributed by atoms with E-state index < -0.39 is 0 Å². The average Bonchev–Trinajstić information content (AvgIpc) is 2.30. The maximum Gasteiger partial charge on any atom is 0.238 e. The van der Waals surface area contributed by atoms with Crippen LogP contribution in [0.1, 0.15) is 11.1 Å². The van der Waals surface area contributed by atoms with E-state index in [1.807, 2.05) is 19.1 Å². The molecule has 0 aliphatic carbocycles. The molecule has 16 heavy (non-hydrogen) atoms. The van der Waals surface area contributed by atoms with Gasteiger partial charge >= 0.3 is 0 Å². The van der Waals surface area contributed by atoms with Gasteiger partial charge in [0.15, 0.2) is 11.5 Å². The van der Waals surface area contributed by atoms with Crippen molar-refractivity contribution in [1.29, 1.82) is 0 Å². The number of benzene rings is 1. The van der Waals surface area contributed by atoms with E-state index in [-0.39, 0.29) is 12.3 Å². The van der Waals surface area contributed by atoms with Crippen LogP contribution in [0.3, 0.4) is 0 Å². The normalized spacial score (nSPS) is 13.4. The lowest BCUT2D eigenvalue weighted by atomic mass is 10.0. The summed E-state index contributed by atoms with van der Waals surface area (Å²) in [6, 6.07) is 3.71. The number of fused-ring (bicyclic) bond motifs is 1. The summed E-state index contributed by atoms with van der Waals surface area (Å²) < 4.78 is 10.9. The van der Waals surface area contributed by atoms with Crippen LogP contribution >= 0.6 is 0 Å². The average molecular weight is 222 g/mol. The third-order valence-corrected chi connectivity index (χ3v) is 2.51. The summed E-state index contributed by atoms with van der Waals surface area (Å²) in [5.74, 6) is 6.26. The zero-order valence-corrected chi connectivity index (χ0v) is 9.08. The smallest absolute Gasteiger partial charge is 0.238 e. The number of rotatable bonds is 2. The topological polar surface area (TPSA) is 73.6 Å². The van der Waals surface area contributed by atoms with Crippen LogP contribution in [0.15, 0.2) is 12.1 Å². The molecule has 5 heteroatoms. The van der Waals surface area contributed by atoms with E-state index in [1.54, 1.807) is 0 Å². The first kappa shape index (κ1) is 10.8. The summed E-state index contributed by atoms with van der Waals surface area (Å²) in [7, 11) is 0. The molecule has 0 radical (unpaired) electrons. The molecule has 0 bridgehead atoms. The van der Waals surface area contributed by atoms with Crippen molar-refractivity contribution in [3.05, 3.63) is 23.3 Å². The Kier molecular flexibility index (Phi) is 2.96. The monoisotopic (exact) mass is 222 g/mol. The summed E-state index contributed by atoms with van der Waals surface area (Å²) in [5.41, 5.74) is 4.00. The van der Waals surface area contributed by atoms with E-state index in [0.717, 1.165) is 16.9 Å². The summed E-state index contributed by atoms with van der Waals surface area (Å²) in [5, 5.41) is 0. The number of hydrogen-bond acceptors (Lipinski definition) is 4. The number of carbonyl (C=O) groups excluding carboxylic acids is 1. The molecule has 0 atom stereocenters. The van der Waals surface area contributed by atoms with Gasteiger partial charge in [0.05, 0.1) is 6.42 Å². The highest BCUT2D eigenvalue weighted by Gasteiger charge is 2.15. The Hall–Kier alpha value is -1.75. The van der Waals surface area contributed by atoms with E-state index >= 15 is 0 Å². The first-order chi connectivity index (χ1) is 7.70. The predicted octanol–water partition coefficient (Wildman–Crippen LogP) is 0.299. The molecule has 1 amide bonds. The Morgan fingerprint density at radius 3 is 2.62 bits per heavy atom. The third-order valence-electron chi connectivity index (χ3n) is 2.51. The molecule has 3 N–H and O–H groups in total. The number of amides is 1. The van der Waals surface area contributed by atoms with Crippen molar-refractivity contribution in [1.82, 2.24) is 5.43 Å². The fourth-order valence-electron chi connectivity index (χ4n) is 1.65. The Balaban J connectivity index is 2.28. The van der Waals surface area contributed by atoms with Crippen molar-refractivity contribution < 1.29 is 14.3 Å². The van der Waals surface area contributed by atoms with Gasteiger partial charge in [-0.05, 0) is 30.2 Å². The first-order valence-corrected chi connectivity index (χ1v) is 5.09. The van der Waals surface area contributed by atoms with E-state index in [4.69, 9.17) is 15.3 Å². The van der Waals surface area contributed by atoms with Gasteiger partial charge in [-0.15, -0.1) is 0 Å². The van der Waals surface area contributed by atoms with E-state index in [0.29, 0.717) is 19.0 Å². The highest BCUT2D eigenvalue weighted by Crippen LogP contribution is 2.33. The van der Waals surface area contributed by atoms with E-state index in [1.165, 1.54) is 0 Å². The maximum atomic E-state index is 11.2. The predicted molar refractivity (Wildman–Crippen MR) is 58.2 cm³/mol. The molecule has 1 aromatic rings. The molecule has 0 unspecified atom stereocenters. The second-order valence-corrected chi connectivity index (χ2v) is 3.67. The number of carbonyl (C=O) groups is 1. The number of aryl methyl sites for hydroxylation is 1. The van der Waals surface area contributed by atoms with Crippen LogP contribution in [0.4, 0.5) is 0 Å². The second kappa shape index (κ2) is 4.40. The molecule has 1 aliphatic rings. The highest BCUT2D eigenvalue weighted by atomic mass is 16.6. The minimum absolute atomic E-state index is 0.222. The van der Waals surface area contributed by atoms with Crippen molar-refractivity contribution in [3.8, 4) is 11.5 Å². The van der Waals surface area contributed by atoms with E-state index in [9.17, 15) is 4.79 Å². The van der Waals surface area contributed by atoms with Crippen molar-refractivity contribution in [2.75, 3.05) is 13.2 Å². The number of nitrogens with two attached hydrogens (primary N) is 1. The standard InChI is InChI=1S/C11H14N2O3/c1-7-4-9-10(16-3-2-15-9)5-8(7)6-11(14)13-12/h4-5H,2-3,6,12H2,1H3,(H,13,14). The van der Waals surface area contributed by atoms with Crippen LogP contribution in [0.2, 0.25) is 0 Å².